The van der Waals surface area contributed by atoms with Gasteiger partial charge in [0.2, 0.25) is 0 Å². The standard InChI is InChI=1S/C22H22ClN3O2/c1-28-20-4-2-3-16(13-20)9-11-24-21-14-18(10-12-25-21)22(27)26-15-17-5-7-19(23)8-6-17/h2-8,10,12-14H,9,11,15H2,1H3,(H,24,25)(H,26,27). The summed E-state index contributed by atoms with van der Waals surface area (Å²) in [6.45, 7) is 1.15. The number of hydrogen-bond donors (Lipinski definition) is 2. The van der Waals surface area contributed by atoms with Crippen LogP contribution in [0.4, 0.5) is 5.82 Å². The van der Waals surface area contributed by atoms with E-state index in [1.165, 1.54) is 5.56 Å². The van der Waals surface area contributed by atoms with Crippen LogP contribution in [0.5, 0.6) is 5.75 Å². The number of ether oxygens (including phenoxy) is 1. The Bertz CT molecular complexity index is 929. The Morgan fingerprint density at radius 3 is 2.68 bits per heavy atom. The lowest BCUT2D eigenvalue weighted by Gasteiger charge is -2.09. The van der Waals surface area contributed by atoms with E-state index in [1.807, 2.05) is 30.3 Å². The molecule has 0 spiro atoms. The van der Waals surface area contributed by atoms with Crippen molar-refractivity contribution in [1.82, 2.24) is 10.3 Å². The number of rotatable bonds is 8. The Balaban J connectivity index is 1.52. The normalized spacial score (nSPS) is 10.4. The predicted molar refractivity (Wildman–Crippen MR) is 112 cm³/mol. The van der Waals surface area contributed by atoms with Gasteiger partial charge in [0, 0.05) is 29.9 Å². The maximum atomic E-state index is 12.4. The quantitative estimate of drug-likeness (QED) is 0.596. The number of hydrogen-bond acceptors (Lipinski definition) is 4. The zero-order valence-electron chi connectivity index (χ0n) is 15.6. The fourth-order valence-electron chi connectivity index (χ4n) is 2.72. The summed E-state index contributed by atoms with van der Waals surface area (Å²) >= 11 is 5.88. The van der Waals surface area contributed by atoms with Crippen LogP contribution < -0.4 is 15.4 Å². The Morgan fingerprint density at radius 1 is 1.07 bits per heavy atom. The van der Waals surface area contributed by atoms with E-state index >= 15 is 0 Å². The summed E-state index contributed by atoms with van der Waals surface area (Å²) < 4.78 is 5.24. The molecule has 0 bridgehead atoms. The Hall–Kier alpha value is -3.05. The molecule has 2 aromatic carbocycles. The third-order valence-electron chi connectivity index (χ3n) is 4.24. The number of anilines is 1. The van der Waals surface area contributed by atoms with Crippen LogP contribution in [-0.2, 0) is 13.0 Å². The first kappa shape index (κ1) is 19.7. The van der Waals surface area contributed by atoms with Crippen molar-refractivity contribution in [2.75, 3.05) is 19.0 Å². The smallest absolute Gasteiger partial charge is 0.251 e. The molecule has 0 aliphatic carbocycles. The molecule has 3 rings (SSSR count). The van der Waals surface area contributed by atoms with Gasteiger partial charge in [0.15, 0.2) is 0 Å². The number of halogens is 1. The molecule has 0 aliphatic rings. The first-order chi connectivity index (χ1) is 13.6. The van der Waals surface area contributed by atoms with Crippen molar-refractivity contribution in [3.63, 3.8) is 0 Å². The minimum absolute atomic E-state index is 0.145. The number of carbonyl (C=O) groups is 1. The van der Waals surface area contributed by atoms with Crippen LogP contribution in [0, 0.1) is 0 Å². The topological polar surface area (TPSA) is 63.2 Å². The Morgan fingerprint density at radius 2 is 1.89 bits per heavy atom. The average Bonchev–Trinajstić information content (AvgIpc) is 2.73. The fraction of sp³-hybridized carbons (Fsp3) is 0.182. The van der Waals surface area contributed by atoms with Gasteiger partial charge in [-0.25, -0.2) is 4.98 Å². The molecule has 5 nitrogen and oxygen atoms in total. The van der Waals surface area contributed by atoms with Crippen LogP contribution in [-0.4, -0.2) is 24.5 Å². The second-order valence-electron chi connectivity index (χ2n) is 6.27. The van der Waals surface area contributed by atoms with E-state index in [1.54, 1.807) is 37.6 Å². The third-order valence-corrected chi connectivity index (χ3v) is 4.49. The molecule has 3 aromatic rings. The van der Waals surface area contributed by atoms with Crippen LogP contribution in [0.3, 0.4) is 0 Å². The monoisotopic (exact) mass is 395 g/mol. The zero-order chi connectivity index (χ0) is 19.8. The number of benzene rings is 2. The summed E-state index contributed by atoms with van der Waals surface area (Å²) in [5.74, 6) is 1.37. The number of pyridine rings is 1. The molecular formula is C22H22ClN3O2. The van der Waals surface area contributed by atoms with E-state index < -0.39 is 0 Å². The van der Waals surface area contributed by atoms with E-state index in [4.69, 9.17) is 16.3 Å². The van der Waals surface area contributed by atoms with E-state index in [-0.39, 0.29) is 5.91 Å². The van der Waals surface area contributed by atoms with Gasteiger partial charge in [-0.05, 0) is 53.9 Å². The van der Waals surface area contributed by atoms with Gasteiger partial charge in [0.25, 0.3) is 5.91 Å². The average molecular weight is 396 g/mol. The van der Waals surface area contributed by atoms with Crippen LogP contribution in [0.1, 0.15) is 21.5 Å². The van der Waals surface area contributed by atoms with E-state index in [0.29, 0.717) is 29.5 Å². The summed E-state index contributed by atoms with van der Waals surface area (Å²) in [4.78, 5) is 16.7. The van der Waals surface area contributed by atoms with Crippen LogP contribution in [0.25, 0.3) is 0 Å². The van der Waals surface area contributed by atoms with E-state index in [0.717, 1.165) is 17.7 Å². The molecule has 0 aliphatic heterocycles. The maximum absolute atomic E-state index is 12.4. The molecule has 0 saturated heterocycles. The number of amides is 1. The second-order valence-corrected chi connectivity index (χ2v) is 6.70. The third kappa shape index (κ3) is 5.72. The number of methoxy groups -OCH3 is 1. The lowest BCUT2D eigenvalue weighted by atomic mass is 10.1. The van der Waals surface area contributed by atoms with Crippen molar-refractivity contribution in [3.8, 4) is 5.75 Å². The van der Waals surface area contributed by atoms with Crippen molar-refractivity contribution in [1.29, 1.82) is 0 Å². The number of nitrogens with one attached hydrogen (secondary N) is 2. The van der Waals surface area contributed by atoms with E-state index in [9.17, 15) is 4.79 Å². The lowest BCUT2D eigenvalue weighted by molar-refractivity contribution is 0.0951. The first-order valence-corrected chi connectivity index (χ1v) is 9.37. The number of nitrogens with zero attached hydrogens (tertiary/aromatic N) is 1. The van der Waals surface area contributed by atoms with Crippen LogP contribution in [0.15, 0.2) is 66.9 Å². The fourth-order valence-corrected chi connectivity index (χ4v) is 2.84. The molecule has 0 atom stereocenters. The molecule has 28 heavy (non-hydrogen) atoms. The highest BCUT2D eigenvalue weighted by atomic mass is 35.5. The van der Waals surface area contributed by atoms with E-state index in [2.05, 4.69) is 21.7 Å². The van der Waals surface area contributed by atoms with Crippen molar-refractivity contribution in [2.24, 2.45) is 0 Å². The molecule has 2 N–H and O–H groups in total. The summed E-state index contributed by atoms with van der Waals surface area (Å²) in [6, 6.07) is 18.8. The van der Waals surface area contributed by atoms with Crippen molar-refractivity contribution in [3.05, 3.63) is 88.6 Å². The summed E-state index contributed by atoms with van der Waals surface area (Å²) in [7, 11) is 1.66. The van der Waals surface area contributed by atoms with Crippen molar-refractivity contribution < 1.29 is 9.53 Å². The molecule has 1 heterocycles. The van der Waals surface area contributed by atoms with Gasteiger partial charge in [-0.3, -0.25) is 4.79 Å². The van der Waals surface area contributed by atoms with Gasteiger partial charge in [-0.15, -0.1) is 0 Å². The molecule has 1 aromatic heterocycles. The molecule has 0 radical (unpaired) electrons. The second kappa shape index (κ2) is 9.76. The van der Waals surface area contributed by atoms with Crippen molar-refractivity contribution in [2.45, 2.75) is 13.0 Å². The van der Waals surface area contributed by atoms with Gasteiger partial charge in [-0.1, -0.05) is 35.9 Å². The van der Waals surface area contributed by atoms with Crippen LogP contribution >= 0.6 is 11.6 Å². The summed E-state index contributed by atoms with van der Waals surface area (Å²) in [5, 5.41) is 6.84. The molecule has 0 unspecified atom stereocenters. The first-order valence-electron chi connectivity index (χ1n) is 8.99. The maximum Gasteiger partial charge on any atom is 0.251 e. The minimum atomic E-state index is -0.145. The van der Waals surface area contributed by atoms with Gasteiger partial charge in [-0.2, -0.15) is 0 Å². The SMILES string of the molecule is COc1cccc(CCNc2cc(C(=O)NCc3ccc(Cl)cc3)ccn2)c1. The number of carbonyl (C=O) groups excluding carboxylic acids is 1. The molecule has 0 saturated carbocycles. The summed E-state index contributed by atoms with van der Waals surface area (Å²) in [6.07, 6.45) is 2.46. The molecule has 1 amide bonds. The predicted octanol–water partition coefficient (Wildman–Crippen LogP) is 4.33. The molecule has 144 valence electrons. The Kier molecular flexibility index (Phi) is 6.87. The largest absolute Gasteiger partial charge is 0.497 e. The summed E-state index contributed by atoms with van der Waals surface area (Å²) in [5.41, 5.74) is 2.72. The highest BCUT2D eigenvalue weighted by molar-refractivity contribution is 6.30. The zero-order valence-corrected chi connectivity index (χ0v) is 16.4. The van der Waals surface area contributed by atoms with Crippen LogP contribution in [0.2, 0.25) is 5.02 Å². The number of aromatic nitrogens is 1. The van der Waals surface area contributed by atoms with Gasteiger partial charge in [0.05, 0.1) is 7.11 Å². The lowest BCUT2D eigenvalue weighted by Crippen LogP contribution is -2.23. The molecule has 6 heteroatoms. The van der Waals surface area contributed by atoms with Gasteiger partial charge >= 0.3 is 0 Å². The van der Waals surface area contributed by atoms with Gasteiger partial charge in [0.1, 0.15) is 11.6 Å². The van der Waals surface area contributed by atoms with Gasteiger partial charge < -0.3 is 15.4 Å². The Labute approximate surface area is 169 Å². The van der Waals surface area contributed by atoms with Crippen molar-refractivity contribution >= 4 is 23.3 Å². The minimum Gasteiger partial charge on any atom is -0.497 e. The highest BCUT2D eigenvalue weighted by Crippen LogP contribution is 2.14. The molecular weight excluding hydrogens is 374 g/mol. The molecule has 0 fully saturated rings. The highest BCUT2D eigenvalue weighted by Gasteiger charge is 2.07.